The molecule has 0 unspecified atom stereocenters. The number of ether oxygens (including phenoxy) is 3. The second kappa shape index (κ2) is 14.7. The third-order valence-corrected chi connectivity index (χ3v) is 3.28. The molecule has 0 radical (unpaired) electrons. The van der Waals surface area contributed by atoms with Gasteiger partial charge < -0.3 is 24.8 Å². The molecule has 0 aliphatic rings. The minimum atomic E-state index is -4.67. The van der Waals surface area contributed by atoms with Gasteiger partial charge in [-0.15, -0.1) is 37.1 Å². The first-order valence-electron chi connectivity index (χ1n) is 8.30. The van der Waals surface area contributed by atoms with E-state index in [1.807, 2.05) is 0 Å². The minimum Gasteiger partial charge on any atom is -0.406 e. The molecule has 1 aromatic carbocycles. The summed E-state index contributed by atoms with van der Waals surface area (Å²) in [4.78, 5) is 4.11. The molecule has 0 saturated heterocycles. The van der Waals surface area contributed by atoms with E-state index in [4.69, 9.17) is 9.47 Å². The number of rotatable bonds is 11. The molecule has 27 heavy (non-hydrogen) atoms. The first kappa shape index (κ1) is 25.7. The Balaban J connectivity index is 0.00000676. The van der Waals surface area contributed by atoms with Gasteiger partial charge in [-0.2, -0.15) is 0 Å². The molecule has 0 aromatic heterocycles. The Hall–Kier alpha value is -1.27. The third kappa shape index (κ3) is 13.5. The summed E-state index contributed by atoms with van der Waals surface area (Å²) in [5.74, 6) is 0.443. The summed E-state index contributed by atoms with van der Waals surface area (Å²) in [7, 11) is 3.30. The molecule has 0 atom stereocenters. The Morgan fingerprint density at radius 2 is 1.70 bits per heavy atom. The summed E-state index contributed by atoms with van der Waals surface area (Å²) in [6.45, 7) is 3.12. The highest BCUT2D eigenvalue weighted by Gasteiger charge is 2.30. The van der Waals surface area contributed by atoms with Crippen LogP contribution in [0, 0.1) is 0 Å². The average molecular weight is 505 g/mol. The molecule has 10 heteroatoms. The van der Waals surface area contributed by atoms with Crippen LogP contribution in [0.5, 0.6) is 5.75 Å². The number of halogens is 4. The molecule has 1 aromatic rings. The number of hydrogen-bond acceptors (Lipinski definition) is 4. The Labute approximate surface area is 174 Å². The normalized spacial score (nSPS) is 11.7. The molecule has 0 aliphatic heterocycles. The maximum Gasteiger partial charge on any atom is 0.573 e. The molecule has 0 aliphatic carbocycles. The molecule has 0 heterocycles. The lowest BCUT2D eigenvalue weighted by Gasteiger charge is -2.12. The van der Waals surface area contributed by atoms with Crippen molar-refractivity contribution in [3.63, 3.8) is 0 Å². The third-order valence-electron chi connectivity index (χ3n) is 3.28. The van der Waals surface area contributed by atoms with Crippen LogP contribution in [0.2, 0.25) is 0 Å². The van der Waals surface area contributed by atoms with Crippen LogP contribution in [0.4, 0.5) is 13.2 Å². The monoisotopic (exact) mass is 505 g/mol. The smallest absolute Gasteiger partial charge is 0.406 e. The van der Waals surface area contributed by atoms with Crippen molar-refractivity contribution in [2.24, 2.45) is 4.99 Å². The van der Waals surface area contributed by atoms with Crippen LogP contribution < -0.4 is 15.4 Å². The molecule has 6 nitrogen and oxygen atoms in total. The highest BCUT2D eigenvalue weighted by molar-refractivity contribution is 14.0. The predicted octanol–water partition coefficient (Wildman–Crippen LogP) is 2.96. The van der Waals surface area contributed by atoms with Crippen molar-refractivity contribution < 1.29 is 27.4 Å². The van der Waals surface area contributed by atoms with Crippen molar-refractivity contribution in [1.29, 1.82) is 0 Å². The summed E-state index contributed by atoms with van der Waals surface area (Å²) in [5, 5.41) is 6.31. The molecule has 0 fully saturated rings. The molecule has 0 spiro atoms. The van der Waals surface area contributed by atoms with Gasteiger partial charge in [0.15, 0.2) is 5.96 Å². The van der Waals surface area contributed by atoms with Gasteiger partial charge in [0.05, 0.1) is 13.2 Å². The first-order valence-corrected chi connectivity index (χ1v) is 8.30. The minimum absolute atomic E-state index is 0. The SMILES string of the molecule is CN=C(NCCCOCCOC)NCCc1ccc(OC(F)(F)F)cc1.I. The van der Waals surface area contributed by atoms with Crippen LogP contribution in [0.25, 0.3) is 0 Å². The number of methoxy groups -OCH3 is 1. The Bertz CT molecular complexity index is 528. The first-order chi connectivity index (χ1) is 12.4. The van der Waals surface area contributed by atoms with Crippen molar-refractivity contribution in [3.05, 3.63) is 29.8 Å². The van der Waals surface area contributed by atoms with Gasteiger partial charge in [-0.1, -0.05) is 12.1 Å². The zero-order valence-electron chi connectivity index (χ0n) is 15.5. The van der Waals surface area contributed by atoms with Gasteiger partial charge in [-0.3, -0.25) is 4.99 Å². The number of nitrogens with zero attached hydrogens (tertiary/aromatic N) is 1. The lowest BCUT2D eigenvalue weighted by Crippen LogP contribution is -2.39. The Morgan fingerprint density at radius 3 is 2.30 bits per heavy atom. The van der Waals surface area contributed by atoms with E-state index in [0.717, 1.165) is 18.5 Å². The van der Waals surface area contributed by atoms with Gasteiger partial charge in [0.1, 0.15) is 5.75 Å². The van der Waals surface area contributed by atoms with Crippen LogP contribution in [0.3, 0.4) is 0 Å². The van der Waals surface area contributed by atoms with Crippen molar-refractivity contribution in [2.45, 2.75) is 19.2 Å². The van der Waals surface area contributed by atoms with Gasteiger partial charge in [0.2, 0.25) is 0 Å². The molecular formula is C17H27F3IN3O3. The van der Waals surface area contributed by atoms with Gasteiger partial charge >= 0.3 is 6.36 Å². The number of aliphatic imine (C=N–C) groups is 1. The second-order valence-corrected chi connectivity index (χ2v) is 5.33. The van der Waals surface area contributed by atoms with E-state index < -0.39 is 6.36 Å². The van der Waals surface area contributed by atoms with E-state index in [2.05, 4.69) is 20.4 Å². The maximum atomic E-state index is 12.1. The van der Waals surface area contributed by atoms with E-state index in [1.54, 1.807) is 26.3 Å². The lowest BCUT2D eigenvalue weighted by molar-refractivity contribution is -0.274. The summed E-state index contributed by atoms with van der Waals surface area (Å²) < 4.78 is 50.4. The molecule has 2 N–H and O–H groups in total. The Kier molecular flexibility index (Phi) is 14.1. The fourth-order valence-electron chi connectivity index (χ4n) is 2.03. The molecule has 0 bridgehead atoms. The molecule has 0 saturated carbocycles. The van der Waals surface area contributed by atoms with Crippen molar-refractivity contribution in [1.82, 2.24) is 10.6 Å². The van der Waals surface area contributed by atoms with E-state index in [1.165, 1.54) is 12.1 Å². The van der Waals surface area contributed by atoms with Crippen molar-refractivity contribution in [3.8, 4) is 5.75 Å². The van der Waals surface area contributed by atoms with E-state index in [9.17, 15) is 13.2 Å². The lowest BCUT2D eigenvalue weighted by atomic mass is 10.1. The van der Waals surface area contributed by atoms with Gasteiger partial charge in [-0.05, 0) is 30.5 Å². The van der Waals surface area contributed by atoms with Crippen LogP contribution >= 0.6 is 24.0 Å². The molecule has 0 amide bonds. The van der Waals surface area contributed by atoms with Gasteiger partial charge in [-0.25, -0.2) is 0 Å². The van der Waals surface area contributed by atoms with Crippen LogP contribution in [0.15, 0.2) is 29.3 Å². The quantitative estimate of drug-likeness (QED) is 0.210. The van der Waals surface area contributed by atoms with E-state index in [0.29, 0.717) is 38.7 Å². The zero-order chi connectivity index (χ0) is 19.3. The van der Waals surface area contributed by atoms with Crippen LogP contribution in [0.1, 0.15) is 12.0 Å². The maximum absolute atomic E-state index is 12.1. The Morgan fingerprint density at radius 1 is 1.04 bits per heavy atom. The highest BCUT2D eigenvalue weighted by Crippen LogP contribution is 2.22. The van der Waals surface area contributed by atoms with Gasteiger partial charge in [0.25, 0.3) is 0 Å². The highest BCUT2D eigenvalue weighted by atomic mass is 127. The van der Waals surface area contributed by atoms with E-state index in [-0.39, 0.29) is 29.7 Å². The van der Waals surface area contributed by atoms with Crippen molar-refractivity contribution >= 4 is 29.9 Å². The largest absolute Gasteiger partial charge is 0.573 e. The number of guanidine groups is 1. The standard InChI is InChI=1S/C17H26F3N3O3.HI/c1-21-16(22-9-3-11-25-13-12-24-2)23-10-8-14-4-6-15(7-5-14)26-17(18,19)20;/h4-7H,3,8-13H2,1-2H3,(H2,21,22,23);1H. The average Bonchev–Trinajstić information content (AvgIpc) is 2.59. The summed E-state index contributed by atoms with van der Waals surface area (Å²) in [6, 6.07) is 5.82. The second-order valence-electron chi connectivity index (χ2n) is 5.33. The number of nitrogens with one attached hydrogen (secondary N) is 2. The summed E-state index contributed by atoms with van der Waals surface area (Å²) in [6.07, 6.45) is -3.19. The van der Waals surface area contributed by atoms with Gasteiger partial charge in [0, 0.05) is 33.9 Å². The fourth-order valence-corrected chi connectivity index (χ4v) is 2.03. The zero-order valence-corrected chi connectivity index (χ0v) is 17.8. The summed E-state index contributed by atoms with van der Waals surface area (Å²) in [5.41, 5.74) is 0.897. The topological polar surface area (TPSA) is 64.1 Å². The fraction of sp³-hybridized carbons (Fsp3) is 0.588. The molecular weight excluding hydrogens is 478 g/mol. The van der Waals surface area contributed by atoms with Crippen LogP contribution in [-0.4, -0.2) is 59.4 Å². The number of alkyl halides is 3. The number of benzene rings is 1. The van der Waals surface area contributed by atoms with Crippen molar-refractivity contribution in [2.75, 3.05) is 47.1 Å². The molecule has 1 rings (SSSR count). The molecule has 156 valence electrons. The summed E-state index contributed by atoms with van der Waals surface area (Å²) >= 11 is 0. The van der Waals surface area contributed by atoms with E-state index >= 15 is 0 Å². The predicted molar refractivity (Wildman–Crippen MR) is 109 cm³/mol. The van der Waals surface area contributed by atoms with Crippen LogP contribution in [-0.2, 0) is 15.9 Å². The number of hydrogen-bond donors (Lipinski definition) is 2.